The van der Waals surface area contributed by atoms with Crippen molar-refractivity contribution in [3.63, 3.8) is 0 Å². The van der Waals surface area contributed by atoms with Crippen LogP contribution in [0.15, 0.2) is 75.2 Å². The van der Waals surface area contributed by atoms with E-state index in [4.69, 9.17) is 0 Å². The number of amides is 1. The molecule has 6 nitrogen and oxygen atoms in total. The normalized spacial score (nSPS) is 10.9. The molecule has 3 rings (SSSR count). The first-order valence-electron chi connectivity index (χ1n) is 8.51. The number of benzene rings is 2. The molecular formula is C21H18BrN3O3. The Morgan fingerprint density at radius 2 is 1.96 bits per heavy atom. The average Bonchev–Trinajstić information content (AvgIpc) is 2.68. The Bertz CT molecular complexity index is 1090. The highest BCUT2D eigenvalue weighted by Gasteiger charge is 2.11. The fraction of sp³-hybridized carbons (Fsp3) is 0.0952. The van der Waals surface area contributed by atoms with Crippen LogP contribution in [0.3, 0.4) is 0 Å². The molecule has 2 aromatic carbocycles. The van der Waals surface area contributed by atoms with Crippen LogP contribution in [0.2, 0.25) is 0 Å². The second-order valence-electron chi connectivity index (χ2n) is 6.24. The van der Waals surface area contributed by atoms with Crippen molar-refractivity contribution in [3.05, 3.63) is 97.9 Å². The van der Waals surface area contributed by atoms with Crippen LogP contribution in [0.25, 0.3) is 0 Å². The monoisotopic (exact) mass is 439 g/mol. The molecule has 0 fully saturated rings. The number of aromatic hydroxyl groups is 1. The van der Waals surface area contributed by atoms with Gasteiger partial charge in [-0.25, -0.2) is 5.43 Å². The minimum Gasteiger partial charge on any atom is -0.507 e. The Kier molecular flexibility index (Phi) is 6.06. The summed E-state index contributed by atoms with van der Waals surface area (Å²) in [6.07, 6.45) is 2.95. The molecule has 2 N–H and O–H groups in total. The number of nitrogens with one attached hydrogen (secondary N) is 1. The van der Waals surface area contributed by atoms with Gasteiger partial charge < -0.3 is 9.67 Å². The van der Waals surface area contributed by atoms with E-state index in [1.54, 1.807) is 24.4 Å². The molecule has 0 unspecified atom stereocenters. The van der Waals surface area contributed by atoms with Crippen LogP contribution < -0.4 is 11.0 Å². The van der Waals surface area contributed by atoms with Crippen molar-refractivity contribution in [2.45, 2.75) is 13.5 Å². The van der Waals surface area contributed by atoms with Crippen LogP contribution in [0.5, 0.6) is 5.75 Å². The van der Waals surface area contributed by atoms with Gasteiger partial charge in [0, 0.05) is 16.2 Å². The fourth-order valence-corrected chi connectivity index (χ4v) is 2.95. The fourth-order valence-electron chi connectivity index (χ4n) is 2.57. The first-order chi connectivity index (χ1) is 13.4. The maximum absolute atomic E-state index is 12.6. The Hall–Kier alpha value is -3.19. The molecule has 0 saturated heterocycles. The van der Waals surface area contributed by atoms with Crippen molar-refractivity contribution >= 4 is 28.1 Å². The van der Waals surface area contributed by atoms with Gasteiger partial charge in [-0.05, 0) is 42.8 Å². The van der Waals surface area contributed by atoms with Crippen molar-refractivity contribution in [2.75, 3.05) is 0 Å². The van der Waals surface area contributed by atoms with E-state index < -0.39 is 11.5 Å². The van der Waals surface area contributed by atoms with Gasteiger partial charge in [0.05, 0.1) is 12.8 Å². The highest BCUT2D eigenvalue weighted by molar-refractivity contribution is 9.10. The average molecular weight is 440 g/mol. The summed E-state index contributed by atoms with van der Waals surface area (Å²) >= 11 is 3.30. The number of carbonyl (C=O) groups is 1. The largest absolute Gasteiger partial charge is 0.507 e. The molecule has 1 amide bonds. The van der Waals surface area contributed by atoms with E-state index in [2.05, 4.69) is 26.5 Å². The SMILES string of the molecule is Cc1ccc(Cn2cccc(C(=O)N/N=C\c3cc(Br)ccc3O)c2=O)cc1. The number of hydrogen-bond donors (Lipinski definition) is 2. The van der Waals surface area contributed by atoms with E-state index >= 15 is 0 Å². The molecule has 1 heterocycles. The van der Waals surface area contributed by atoms with Gasteiger partial charge in [0.1, 0.15) is 11.3 Å². The lowest BCUT2D eigenvalue weighted by atomic mass is 10.1. The molecule has 1 aromatic heterocycles. The zero-order valence-electron chi connectivity index (χ0n) is 15.1. The highest BCUT2D eigenvalue weighted by atomic mass is 79.9. The molecule has 0 atom stereocenters. The van der Waals surface area contributed by atoms with E-state index in [9.17, 15) is 14.7 Å². The van der Waals surface area contributed by atoms with Gasteiger partial charge in [-0.3, -0.25) is 9.59 Å². The number of hydrazone groups is 1. The summed E-state index contributed by atoms with van der Waals surface area (Å²) in [4.78, 5) is 25.0. The summed E-state index contributed by atoms with van der Waals surface area (Å²) in [6.45, 7) is 2.37. The maximum atomic E-state index is 12.6. The second-order valence-corrected chi connectivity index (χ2v) is 7.16. The van der Waals surface area contributed by atoms with Gasteiger partial charge in [-0.1, -0.05) is 45.8 Å². The lowest BCUT2D eigenvalue weighted by Crippen LogP contribution is -2.30. The van der Waals surface area contributed by atoms with Crippen LogP contribution in [-0.2, 0) is 6.54 Å². The minimum absolute atomic E-state index is 0.00905. The van der Waals surface area contributed by atoms with E-state index in [0.717, 1.165) is 15.6 Å². The predicted octanol–water partition coefficient (Wildman–Crippen LogP) is 3.44. The summed E-state index contributed by atoms with van der Waals surface area (Å²) in [6, 6.07) is 15.8. The molecule has 0 aliphatic rings. The first-order valence-corrected chi connectivity index (χ1v) is 9.30. The number of halogens is 1. The third-order valence-corrected chi connectivity index (χ3v) is 4.59. The van der Waals surface area contributed by atoms with Gasteiger partial charge >= 0.3 is 0 Å². The molecule has 0 radical (unpaired) electrons. The zero-order chi connectivity index (χ0) is 20.1. The Morgan fingerprint density at radius 1 is 1.21 bits per heavy atom. The summed E-state index contributed by atoms with van der Waals surface area (Å²) in [7, 11) is 0. The summed E-state index contributed by atoms with van der Waals surface area (Å²) in [5, 5.41) is 13.6. The lowest BCUT2D eigenvalue weighted by molar-refractivity contribution is 0.0953. The molecule has 142 valence electrons. The van der Waals surface area contributed by atoms with Gasteiger partial charge in [0.2, 0.25) is 0 Å². The van der Waals surface area contributed by atoms with Crippen molar-refractivity contribution in [2.24, 2.45) is 5.10 Å². The number of phenolic OH excluding ortho intramolecular Hbond substituents is 1. The van der Waals surface area contributed by atoms with Crippen LogP contribution in [0.1, 0.15) is 27.0 Å². The molecule has 7 heteroatoms. The number of aromatic nitrogens is 1. The minimum atomic E-state index is -0.617. The molecule has 0 bridgehead atoms. The van der Waals surface area contributed by atoms with Crippen molar-refractivity contribution in [1.29, 1.82) is 0 Å². The first kappa shape index (κ1) is 19.6. The van der Waals surface area contributed by atoms with Gasteiger partial charge in [0.25, 0.3) is 11.5 Å². The molecule has 3 aromatic rings. The molecule has 0 aliphatic heterocycles. The van der Waals surface area contributed by atoms with E-state index in [-0.39, 0.29) is 11.3 Å². The van der Waals surface area contributed by atoms with Crippen LogP contribution in [-0.4, -0.2) is 21.8 Å². The van der Waals surface area contributed by atoms with Crippen molar-refractivity contribution in [3.8, 4) is 5.75 Å². The number of pyridine rings is 1. The molecule has 0 saturated carbocycles. The van der Waals surface area contributed by atoms with Gasteiger partial charge in [-0.15, -0.1) is 0 Å². The second kappa shape index (κ2) is 8.67. The van der Waals surface area contributed by atoms with Crippen LogP contribution in [0, 0.1) is 6.92 Å². The Morgan fingerprint density at radius 3 is 2.71 bits per heavy atom. The summed E-state index contributed by atoms with van der Waals surface area (Å²) in [5.41, 5.74) is 4.45. The van der Waals surface area contributed by atoms with Crippen molar-refractivity contribution in [1.82, 2.24) is 9.99 Å². The Balaban J connectivity index is 1.75. The smallest absolute Gasteiger partial charge is 0.276 e. The van der Waals surface area contributed by atoms with Crippen LogP contribution >= 0.6 is 15.9 Å². The Labute approximate surface area is 170 Å². The zero-order valence-corrected chi connectivity index (χ0v) is 16.7. The molecular weight excluding hydrogens is 422 g/mol. The number of rotatable bonds is 5. The summed E-state index contributed by atoms with van der Waals surface area (Å²) in [5.74, 6) is -0.588. The highest BCUT2D eigenvalue weighted by Crippen LogP contribution is 2.19. The van der Waals surface area contributed by atoms with Gasteiger partial charge in [0.15, 0.2) is 0 Å². The lowest BCUT2D eigenvalue weighted by Gasteiger charge is -2.08. The standard InChI is InChI=1S/C21H18BrN3O3/c1-14-4-6-15(7-5-14)13-25-10-2-3-18(21(25)28)20(27)24-23-12-16-11-17(22)8-9-19(16)26/h2-12,26H,13H2,1H3,(H,24,27)/b23-12-. The van der Waals surface area contributed by atoms with E-state index in [0.29, 0.717) is 12.1 Å². The number of phenols is 1. The maximum Gasteiger partial charge on any atom is 0.276 e. The van der Waals surface area contributed by atoms with Gasteiger partial charge in [-0.2, -0.15) is 5.10 Å². The number of hydrogen-bond acceptors (Lipinski definition) is 4. The van der Waals surface area contributed by atoms with Crippen molar-refractivity contribution < 1.29 is 9.90 Å². The number of carbonyl (C=O) groups excluding carboxylic acids is 1. The third kappa shape index (κ3) is 4.75. The predicted molar refractivity (Wildman–Crippen MR) is 112 cm³/mol. The quantitative estimate of drug-likeness (QED) is 0.471. The number of aryl methyl sites for hydroxylation is 1. The molecule has 28 heavy (non-hydrogen) atoms. The molecule has 0 spiro atoms. The van der Waals surface area contributed by atoms with E-state index in [1.807, 2.05) is 31.2 Å². The molecule has 0 aliphatic carbocycles. The summed E-state index contributed by atoms with van der Waals surface area (Å²) < 4.78 is 2.24. The number of nitrogens with zero attached hydrogens (tertiary/aromatic N) is 2. The van der Waals surface area contributed by atoms with E-state index in [1.165, 1.54) is 22.9 Å². The third-order valence-electron chi connectivity index (χ3n) is 4.10. The van der Waals surface area contributed by atoms with Crippen LogP contribution in [0.4, 0.5) is 0 Å². The topological polar surface area (TPSA) is 83.7 Å².